The lowest BCUT2D eigenvalue weighted by molar-refractivity contribution is 0.740. The van der Waals surface area contributed by atoms with Gasteiger partial charge in [0.2, 0.25) is 0 Å². The third kappa shape index (κ3) is 1.50. The van der Waals surface area contributed by atoms with Gasteiger partial charge in [0.25, 0.3) is 0 Å². The Kier molecular flexibility index (Phi) is 1.95. The predicted molar refractivity (Wildman–Crippen MR) is 54.4 cm³/mol. The monoisotopic (exact) mass is 197 g/mol. The van der Waals surface area contributed by atoms with E-state index in [1.807, 2.05) is 18.2 Å². The quantitative estimate of drug-likeness (QED) is 0.498. The van der Waals surface area contributed by atoms with Crippen LogP contribution in [0.4, 0.5) is 5.69 Å². The normalized spacial score (nSPS) is 18.4. The molecule has 1 saturated carbocycles. The number of hydrogen-bond acceptors (Lipinski definition) is 3. The van der Waals surface area contributed by atoms with Gasteiger partial charge in [-0.3, -0.25) is 5.84 Å². The lowest BCUT2D eigenvalue weighted by Crippen LogP contribution is -2.18. The largest absolute Gasteiger partial charge is 0.323 e. The average Bonchev–Trinajstić information content (AvgIpc) is 2.85. The summed E-state index contributed by atoms with van der Waals surface area (Å²) in [6.45, 7) is 0. The number of hydrogen-bond donors (Lipinski definition) is 3. The molecule has 0 atom stereocenters. The number of hydrazine groups is 1. The summed E-state index contributed by atoms with van der Waals surface area (Å²) in [6.07, 6.45) is 2.08. The standard InChI is InChI=1S/C9H12ClN3/c10-7-5-6(9(11)3-4-9)1-2-8(7)13-12/h1-2,5,13H,3-4,11-12H2. The van der Waals surface area contributed by atoms with Gasteiger partial charge in [0.05, 0.1) is 10.7 Å². The van der Waals surface area contributed by atoms with E-state index < -0.39 is 0 Å². The first kappa shape index (κ1) is 8.81. The highest BCUT2D eigenvalue weighted by molar-refractivity contribution is 6.33. The van der Waals surface area contributed by atoms with Crippen molar-refractivity contribution in [3.05, 3.63) is 28.8 Å². The first-order valence-electron chi connectivity index (χ1n) is 4.21. The summed E-state index contributed by atoms with van der Waals surface area (Å²) >= 11 is 5.97. The van der Waals surface area contributed by atoms with Gasteiger partial charge in [-0.15, -0.1) is 0 Å². The molecule has 4 heteroatoms. The summed E-state index contributed by atoms with van der Waals surface area (Å²) in [4.78, 5) is 0. The van der Waals surface area contributed by atoms with E-state index in [2.05, 4.69) is 5.43 Å². The van der Waals surface area contributed by atoms with Crippen LogP contribution in [0, 0.1) is 0 Å². The van der Waals surface area contributed by atoms with Gasteiger partial charge in [0, 0.05) is 5.54 Å². The molecule has 0 saturated heterocycles. The summed E-state index contributed by atoms with van der Waals surface area (Å²) in [5, 5.41) is 0.622. The van der Waals surface area contributed by atoms with Crippen molar-refractivity contribution in [3.63, 3.8) is 0 Å². The second kappa shape index (κ2) is 2.87. The third-order valence-electron chi connectivity index (χ3n) is 2.49. The summed E-state index contributed by atoms with van der Waals surface area (Å²) in [5.74, 6) is 5.26. The Morgan fingerprint density at radius 3 is 2.54 bits per heavy atom. The highest BCUT2D eigenvalue weighted by Crippen LogP contribution is 2.43. The minimum Gasteiger partial charge on any atom is -0.323 e. The molecule has 1 aromatic rings. The molecule has 0 spiro atoms. The van der Waals surface area contributed by atoms with Gasteiger partial charge in [0.15, 0.2) is 0 Å². The lowest BCUT2D eigenvalue weighted by Gasteiger charge is -2.11. The second-order valence-electron chi connectivity index (χ2n) is 3.50. The maximum Gasteiger partial charge on any atom is 0.0672 e. The molecule has 3 nitrogen and oxygen atoms in total. The van der Waals surface area contributed by atoms with Crippen LogP contribution in [-0.2, 0) is 5.54 Å². The third-order valence-corrected chi connectivity index (χ3v) is 2.80. The first-order valence-corrected chi connectivity index (χ1v) is 4.59. The van der Waals surface area contributed by atoms with E-state index in [9.17, 15) is 0 Å². The molecule has 1 aliphatic carbocycles. The maximum absolute atomic E-state index is 6.02. The van der Waals surface area contributed by atoms with Crippen LogP contribution in [0.3, 0.4) is 0 Å². The van der Waals surface area contributed by atoms with Gasteiger partial charge in [-0.25, -0.2) is 0 Å². The number of nitrogens with two attached hydrogens (primary N) is 2. The molecule has 0 radical (unpaired) electrons. The average molecular weight is 198 g/mol. The molecule has 13 heavy (non-hydrogen) atoms. The van der Waals surface area contributed by atoms with E-state index in [1.54, 1.807) is 0 Å². The van der Waals surface area contributed by atoms with Crippen molar-refractivity contribution in [2.75, 3.05) is 5.43 Å². The Morgan fingerprint density at radius 1 is 1.38 bits per heavy atom. The molecule has 0 amide bonds. The zero-order valence-corrected chi connectivity index (χ0v) is 7.93. The summed E-state index contributed by atoms with van der Waals surface area (Å²) in [7, 11) is 0. The molecular weight excluding hydrogens is 186 g/mol. The lowest BCUT2D eigenvalue weighted by atomic mass is 10.1. The van der Waals surface area contributed by atoms with E-state index in [0.29, 0.717) is 5.02 Å². The summed E-state index contributed by atoms with van der Waals surface area (Å²) < 4.78 is 0. The predicted octanol–water partition coefficient (Wildman–Crippen LogP) is 1.57. The van der Waals surface area contributed by atoms with Crippen molar-refractivity contribution < 1.29 is 0 Å². The van der Waals surface area contributed by atoms with Crippen molar-refractivity contribution in [2.45, 2.75) is 18.4 Å². The number of halogens is 1. The first-order chi connectivity index (χ1) is 6.15. The number of nitrogens with one attached hydrogen (secondary N) is 1. The Bertz CT molecular complexity index is 334. The van der Waals surface area contributed by atoms with Crippen molar-refractivity contribution in [1.29, 1.82) is 0 Å². The van der Waals surface area contributed by atoms with Crippen molar-refractivity contribution in [2.24, 2.45) is 11.6 Å². The number of nitrogen functional groups attached to an aromatic ring is 1. The molecule has 0 aromatic heterocycles. The molecule has 1 aromatic carbocycles. The molecule has 5 N–H and O–H groups in total. The molecule has 0 unspecified atom stereocenters. The minimum absolute atomic E-state index is 0.128. The summed E-state index contributed by atoms with van der Waals surface area (Å²) in [5.41, 5.74) is 10.2. The molecule has 0 bridgehead atoms. The van der Waals surface area contributed by atoms with Gasteiger partial charge >= 0.3 is 0 Å². The van der Waals surface area contributed by atoms with E-state index >= 15 is 0 Å². The molecule has 1 aliphatic rings. The minimum atomic E-state index is -0.128. The fourth-order valence-electron chi connectivity index (χ4n) is 1.37. The number of benzene rings is 1. The molecule has 70 valence electrons. The van der Waals surface area contributed by atoms with Crippen LogP contribution in [0.2, 0.25) is 5.02 Å². The molecule has 2 rings (SSSR count). The molecule has 0 heterocycles. The highest BCUT2D eigenvalue weighted by atomic mass is 35.5. The Labute approximate surface area is 82.0 Å². The molecule has 0 aliphatic heterocycles. The van der Waals surface area contributed by atoms with Crippen molar-refractivity contribution in [3.8, 4) is 0 Å². The van der Waals surface area contributed by atoms with Gasteiger partial charge in [-0.1, -0.05) is 17.7 Å². The van der Waals surface area contributed by atoms with Crippen LogP contribution in [-0.4, -0.2) is 0 Å². The van der Waals surface area contributed by atoms with Crippen molar-refractivity contribution in [1.82, 2.24) is 0 Å². The van der Waals surface area contributed by atoms with Crippen LogP contribution in [0.1, 0.15) is 18.4 Å². The molecular formula is C9H12ClN3. The van der Waals surface area contributed by atoms with E-state index in [1.165, 1.54) is 0 Å². The van der Waals surface area contributed by atoms with Crippen molar-refractivity contribution >= 4 is 17.3 Å². The van der Waals surface area contributed by atoms with Crippen LogP contribution in [0.25, 0.3) is 0 Å². The Hall–Kier alpha value is -0.770. The van der Waals surface area contributed by atoms with Gasteiger partial charge in [-0.05, 0) is 30.5 Å². The smallest absolute Gasteiger partial charge is 0.0672 e. The van der Waals surface area contributed by atoms with Crippen LogP contribution >= 0.6 is 11.6 Å². The zero-order valence-electron chi connectivity index (χ0n) is 7.18. The van der Waals surface area contributed by atoms with Gasteiger partial charge in [-0.2, -0.15) is 0 Å². The summed E-state index contributed by atoms with van der Waals surface area (Å²) in [6, 6.07) is 5.70. The number of rotatable bonds is 2. The molecule has 1 fully saturated rings. The highest BCUT2D eigenvalue weighted by Gasteiger charge is 2.40. The number of anilines is 1. The fraction of sp³-hybridized carbons (Fsp3) is 0.333. The maximum atomic E-state index is 6.02. The van der Waals surface area contributed by atoms with Crippen LogP contribution < -0.4 is 17.0 Å². The van der Waals surface area contributed by atoms with Crippen LogP contribution in [0.15, 0.2) is 18.2 Å². The van der Waals surface area contributed by atoms with Gasteiger partial charge in [0.1, 0.15) is 0 Å². The van der Waals surface area contributed by atoms with Gasteiger partial charge < -0.3 is 11.2 Å². The van der Waals surface area contributed by atoms with E-state index in [0.717, 1.165) is 24.1 Å². The van der Waals surface area contributed by atoms with E-state index in [4.69, 9.17) is 23.2 Å². The van der Waals surface area contributed by atoms with Crippen LogP contribution in [0.5, 0.6) is 0 Å². The zero-order chi connectivity index (χ0) is 9.47. The fourth-order valence-corrected chi connectivity index (χ4v) is 1.60. The Morgan fingerprint density at radius 2 is 2.08 bits per heavy atom. The Balaban J connectivity index is 2.36. The van der Waals surface area contributed by atoms with E-state index in [-0.39, 0.29) is 5.54 Å². The topological polar surface area (TPSA) is 64.1 Å². The second-order valence-corrected chi connectivity index (χ2v) is 3.90. The SMILES string of the molecule is NNc1ccc(C2(N)CC2)cc1Cl.